The minimum absolute atomic E-state index is 0.130. The fourth-order valence-electron chi connectivity index (χ4n) is 2.11. The summed E-state index contributed by atoms with van der Waals surface area (Å²) in [6, 6.07) is 11.5. The van der Waals surface area contributed by atoms with Gasteiger partial charge in [-0.2, -0.15) is 18.3 Å². The van der Waals surface area contributed by atoms with Gasteiger partial charge in [0, 0.05) is 18.0 Å². The van der Waals surface area contributed by atoms with Crippen LogP contribution in [0.25, 0.3) is 5.69 Å². The molecule has 2 N–H and O–H groups in total. The average molecular weight is 354 g/mol. The summed E-state index contributed by atoms with van der Waals surface area (Å²) in [5.41, 5.74) is 0.0164. The first kappa shape index (κ1) is 16.2. The third kappa shape index (κ3) is 3.46. The summed E-state index contributed by atoms with van der Waals surface area (Å²) in [5, 5.41) is 15.9. The molecule has 0 saturated carbocycles. The number of nitrogens with one attached hydrogen (secondary N) is 1. The van der Waals surface area contributed by atoms with Crippen LogP contribution < -0.4 is 5.32 Å². The van der Waals surface area contributed by atoms with Crippen LogP contribution in [0.15, 0.2) is 54.7 Å². The first-order chi connectivity index (χ1) is 11.3. The Labute approximate surface area is 140 Å². The van der Waals surface area contributed by atoms with Gasteiger partial charge in [-0.1, -0.05) is 11.6 Å². The molecule has 0 fully saturated rings. The molecule has 3 aromatic rings. The lowest BCUT2D eigenvalue weighted by Crippen LogP contribution is -2.06. The van der Waals surface area contributed by atoms with Crippen molar-refractivity contribution in [1.29, 1.82) is 0 Å². The van der Waals surface area contributed by atoms with E-state index < -0.39 is 11.7 Å². The van der Waals surface area contributed by atoms with E-state index in [9.17, 15) is 18.3 Å². The lowest BCUT2D eigenvalue weighted by Gasteiger charge is -2.11. The molecule has 0 bridgehead atoms. The molecule has 4 nitrogen and oxygen atoms in total. The number of phenolic OH excluding ortho intramolecular Hbond substituents is 1. The van der Waals surface area contributed by atoms with E-state index in [0.717, 1.165) is 6.07 Å². The molecule has 0 aliphatic carbocycles. The first-order valence-electron chi connectivity index (χ1n) is 6.82. The molecule has 0 amide bonds. The highest BCUT2D eigenvalue weighted by molar-refractivity contribution is 6.31. The van der Waals surface area contributed by atoms with Gasteiger partial charge in [0.25, 0.3) is 0 Å². The van der Waals surface area contributed by atoms with E-state index in [-0.39, 0.29) is 16.5 Å². The summed E-state index contributed by atoms with van der Waals surface area (Å²) in [7, 11) is 0. The van der Waals surface area contributed by atoms with Crippen molar-refractivity contribution in [3.8, 4) is 11.4 Å². The molecule has 124 valence electrons. The van der Waals surface area contributed by atoms with Crippen molar-refractivity contribution in [3.63, 3.8) is 0 Å². The maximum absolute atomic E-state index is 12.9. The Morgan fingerprint density at radius 3 is 2.42 bits per heavy atom. The highest BCUT2D eigenvalue weighted by atomic mass is 35.5. The molecule has 0 atom stereocenters. The highest BCUT2D eigenvalue weighted by Crippen LogP contribution is 2.36. The minimum Gasteiger partial charge on any atom is -0.508 e. The molecule has 24 heavy (non-hydrogen) atoms. The zero-order valence-corrected chi connectivity index (χ0v) is 12.8. The van der Waals surface area contributed by atoms with Crippen molar-refractivity contribution in [3.05, 3.63) is 65.3 Å². The normalized spacial score (nSPS) is 11.5. The second kappa shape index (κ2) is 6.09. The Balaban J connectivity index is 1.84. The third-order valence-corrected chi connectivity index (χ3v) is 3.58. The number of nitrogens with zero attached hydrogens (tertiary/aromatic N) is 2. The summed E-state index contributed by atoms with van der Waals surface area (Å²) in [6.45, 7) is 0. The largest absolute Gasteiger partial charge is 0.508 e. The van der Waals surface area contributed by atoms with Gasteiger partial charge in [0.15, 0.2) is 5.82 Å². The van der Waals surface area contributed by atoms with Gasteiger partial charge >= 0.3 is 6.18 Å². The lowest BCUT2D eigenvalue weighted by atomic mass is 10.2. The van der Waals surface area contributed by atoms with Gasteiger partial charge in [-0.15, -0.1) is 0 Å². The fourth-order valence-corrected chi connectivity index (χ4v) is 2.33. The highest BCUT2D eigenvalue weighted by Gasteiger charge is 2.33. The van der Waals surface area contributed by atoms with Gasteiger partial charge in [-0.3, -0.25) is 0 Å². The number of hydrogen-bond donors (Lipinski definition) is 2. The van der Waals surface area contributed by atoms with E-state index in [2.05, 4.69) is 10.4 Å². The van der Waals surface area contributed by atoms with E-state index in [1.54, 1.807) is 24.4 Å². The average Bonchev–Trinajstić information content (AvgIpc) is 2.97. The van der Waals surface area contributed by atoms with Crippen molar-refractivity contribution < 1.29 is 18.3 Å². The van der Waals surface area contributed by atoms with Crippen molar-refractivity contribution in [2.24, 2.45) is 0 Å². The number of anilines is 2. The fraction of sp³-hybridized carbons (Fsp3) is 0.0625. The van der Waals surface area contributed by atoms with Crippen LogP contribution in [-0.2, 0) is 6.18 Å². The van der Waals surface area contributed by atoms with E-state index in [1.807, 2.05) is 0 Å². The molecule has 0 spiro atoms. The van der Waals surface area contributed by atoms with Crippen molar-refractivity contribution in [2.45, 2.75) is 6.18 Å². The molecule has 0 aliphatic heterocycles. The van der Waals surface area contributed by atoms with Crippen LogP contribution in [0.5, 0.6) is 5.75 Å². The summed E-state index contributed by atoms with van der Waals surface area (Å²) in [5.74, 6) is 0.503. The number of phenols is 1. The van der Waals surface area contributed by atoms with Crippen LogP contribution in [0, 0.1) is 0 Å². The van der Waals surface area contributed by atoms with Crippen LogP contribution in [-0.4, -0.2) is 14.9 Å². The Bertz CT molecular complexity index is 860. The van der Waals surface area contributed by atoms with Gasteiger partial charge in [0.05, 0.1) is 16.3 Å². The van der Waals surface area contributed by atoms with Crippen LogP contribution in [0.1, 0.15) is 5.56 Å². The Morgan fingerprint density at radius 2 is 1.75 bits per heavy atom. The molecule has 0 saturated heterocycles. The minimum atomic E-state index is -4.53. The van der Waals surface area contributed by atoms with Gasteiger partial charge in [0.1, 0.15) is 5.75 Å². The van der Waals surface area contributed by atoms with Crippen LogP contribution >= 0.6 is 11.6 Å². The van der Waals surface area contributed by atoms with E-state index in [4.69, 9.17) is 11.6 Å². The molecule has 3 rings (SSSR count). The number of rotatable bonds is 3. The smallest absolute Gasteiger partial charge is 0.417 e. The number of alkyl halides is 3. The predicted molar refractivity (Wildman–Crippen MR) is 85.0 cm³/mol. The van der Waals surface area contributed by atoms with Crippen LogP contribution in [0.2, 0.25) is 5.02 Å². The summed E-state index contributed by atoms with van der Waals surface area (Å²) >= 11 is 5.59. The molecule has 0 unspecified atom stereocenters. The molecule has 0 radical (unpaired) electrons. The Hall–Kier alpha value is -2.67. The third-order valence-electron chi connectivity index (χ3n) is 3.25. The SMILES string of the molecule is Oc1ccc(-n2ccc(Nc3ccc(Cl)c(C(F)(F)F)c3)n2)cc1. The Kier molecular flexibility index (Phi) is 4.11. The van der Waals surface area contributed by atoms with Gasteiger partial charge < -0.3 is 10.4 Å². The molecular formula is C16H11ClF3N3O. The van der Waals surface area contributed by atoms with Crippen molar-refractivity contribution >= 4 is 23.1 Å². The zero-order valence-electron chi connectivity index (χ0n) is 12.0. The second-order valence-electron chi connectivity index (χ2n) is 4.98. The van der Waals surface area contributed by atoms with E-state index in [0.29, 0.717) is 11.5 Å². The molecule has 1 aromatic heterocycles. The number of benzene rings is 2. The molecule has 1 heterocycles. The molecular weight excluding hydrogens is 343 g/mol. The maximum atomic E-state index is 12.9. The van der Waals surface area contributed by atoms with Crippen LogP contribution in [0.4, 0.5) is 24.7 Å². The molecule has 2 aromatic carbocycles. The lowest BCUT2D eigenvalue weighted by molar-refractivity contribution is -0.137. The standard InChI is InChI=1S/C16H11ClF3N3O/c17-14-6-1-10(9-13(14)16(18,19)20)21-15-7-8-23(22-15)11-2-4-12(24)5-3-11/h1-9,24H,(H,21,22). The summed E-state index contributed by atoms with van der Waals surface area (Å²) in [4.78, 5) is 0. The number of halogens is 4. The predicted octanol–water partition coefficient (Wildman–Crippen LogP) is 4.99. The number of aromatic nitrogens is 2. The maximum Gasteiger partial charge on any atom is 0.417 e. The quantitative estimate of drug-likeness (QED) is 0.697. The molecule has 8 heteroatoms. The van der Waals surface area contributed by atoms with Gasteiger partial charge in [-0.25, -0.2) is 4.68 Å². The van der Waals surface area contributed by atoms with Crippen LogP contribution in [0.3, 0.4) is 0 Å². The van der Waals surface area contributed by atoms with Crippen molar-refractivity contribution in [2.75, 3.05) is 5.32 Å². The van der Waals surface area contributed by atoms with Gasteiger partial charge in [0.2, 0.25) is 0 Å². The summed E-state index contributed by atoms with van der Waals surface area (Å²) < 4.78 is 40.1. The van der Waals surface area contributed by atoms with Crippen molar-refractivity contribution in [1.82, 2.24) is 9.78 Å². The Morgan fingerprint density at radius 1 is 1.04 bits per heavy atom. The molecule has 0 aliphatic rings. The number of hydrogen-bond acceptors (Lipinski definition) is 3. The zero-order chi connectivity index (χ0) is 17.3. The van der Waals surface area contributed by atoms with Gasteiger partial charge in [-0.05, 0) is 42.5 Å². The monoisotopic (exact) mass is 353 g/mol. The topological polar surface area (TPSA) is 50.1 Å². The number of aromatic hydroxyl groups is 1. The summed E-state index contributed by atoms with van der Waals surface area (Å²) in [6.07, 6.45) is -2.88. The second-order valence-corrected chi connectivity index (χ2v) is 5.39. The first-order valence-corrected chi connectivity index (χ1v) is 7.19. The van der Waals surface area contributed by atoms with E-state index in [1.165, 1.54) is 28.9 Å². The van der Waals surface area contributed by atoms with E-state index >= 15 is 0 Å².